The van der Waals surface area contributed by atoms with Crippen molar-refractivity contribution in [2.24, 2.45) is 5.92 Å². The third kappa shape index (κ3) is 4.16. The molecule has 0 radical (unpaired) electrons. The summed E-state index contributed by atoms with van der Waals surface area (Å²) in [7, 11) is 0. The number of hydrogen-bond acceptors (Lipinski definition) is 3. The molecule has 2 atom stereocenters. The minimum absolute atomic E-state index is 0. The number of carbonyl (C=O) groups is 1. The van der Waals surface area contributed by atoms with Gasteiger partial charge in [-0.25, -0.2) is 4.68 Å². The Morgan fingerprint density at radius 2 is 2.12 bits per heavy atom. The largest absolute Gasteiger partial charge is 0.326 e. The first-order valence-electron chi connectivity index (χ1n) is 8.21. The molecular weight excluding hydrogens is 324 g/mol. The fourth-order valence-electron chi connectivity index (χ4n) is 3.22. The number of hydrogen-bond donors (Lipinski definition) is 2. The Hall–Kier alpha value is -1.85. The van der Waals surface area contributed by atoms with Crippen molar-refractivity contribution in [2.75, 3.05) is 11.9 Å². The van der Waals surface area contributed by atoms with Crippen LogP contribution in [-0.4, -0.2) is 28.3 Å². The van der Waals surface area contributed by atoms with Gasteiger partial charge in [0.25, 0.3) is 0 Å². The Morgan fingerprint density at radius 1 is 1.33 bits per heavy atom. The van der Waals surface area contributed by atoms with Crippen LogP contribution in [0.15, 0.2) is 30.3 Å². The smallest absolute Gasteiger partial charge is 0.227 e. The molecule has 0 bridgehead atoms. The fraction of sp³-hybridized carbons (Fsp3) is 0.444. The lowest BCUT2D eigenvalue weighted by Crippen LogP contribution is -2.40. The Kier molecular flexibility index (Phi) is 6.02. The van der Waals surface area contributed by atoms with Crippen molar-refractivity contribution in [3.05, 3.63) is 41.7 Å². The van der Waals surface area contributed by atoms with Crippen LogP contribution in [0.2, 0.25) is 0 Å². The van der Waals surface area contributed by atoms with E-state index in [2.05, 4.69) is 22.7 Å². The minimum atomic E-state index is 0. The highest BCUT2D eigenvalue weighted by Gasteiger charge is 2.24. The third-order valence-electron chi connectivity index (χ3n) is 4.36. The SMILES string of the molecule is Cc1cc(C)n(-c2cccc(NC(=O)[C@H]3CCN[C@@H](C)C3)c2)n1.Cl. The lowest BCUT2D eigenvalue weighted by Gasteiger charge is -2.27. The number of amides is 1. The van der Waals surface area contributed by atoms with Gasteiger partial charge in [0.2, 0.25) is 5.91 Å². The molecule has 1 saturated heterocycles. The second-order valence-corrected chi connectivity index (χ2v) is 6.45. The van der Waals surface area contributed by atoms with Crippen molar-refractivity contribution in [3.63, 3.8) is 0 Å². The normalized spacial score (nSPS) is 20.3. The molecule has 5 nitrogen and oxygen atoms in total. The predicted molar refractivity (Wildman–Crippen MR) is 99.1 cm³/mol. The van der Waals surface area contributed by atoms with Crippen LogP contribution in [0.1, 0.15) is 31.2 Å². The summed E-state index contributed by atoms with van der Waals surface area (Å²) in [5, 5.41) is 10.9. The molecule has 2 N–H and O–H groups in total. The summed E-state index contributed by atoms with van der Waals surface area (Å²) < 4.78 is 1.90. The molecule has 1 aliphatic rings. The average molecular weight is 349 g/mol. The van der Waals surface area contributed by atoms with E-state index in [-0.39, 0.29) is 24.2 Å². The summed E-state index contributed by atoms with van der Waals surface area (Å²) in [6, 6.07) is 10.3. The Labute approximate surface area is 149 Å². The Balaban J connectivity index is 0.00000208. The second-order valence-electron chi connectivity index (χ2n) is 6.45. The van der Waals surface area contributed by atoms with Gasteiger partial charge in [0.15, 0.2) is 0 Å². The number of aromatic nitrogens is 2. The second kappa shape index (κ2) is 7.81. The summed E-state index contributed by atoms with van der Waals surface area (Å²) in [5.41, 5.74) is 3.86. The Bertz CT molecular complexity index is 713. The number of anilines is 1. The maximum absolute atomic E-state index is 12.5. The number of halogens is 1. The van der Waals surface area contributed by atoms with Gasteiger partial charge in [-0.1, -0.05) is 6.07 Å². The van der Waals surface area contributed by atoms with Crippen LogP contribution in [0.25, 0.3) is 5.69 Å². The molecule has 0 spiro atoms. The summed E-state index contributed by atoms with van der Waals surface area (Å²) in [6.45, 7) is 7.04. The van der Waals surface area contributed by atoms with Gasteiger partial charge >= 0.3 is 0 Å². The van der Waals surface area contributed by atoms with Crippen LogP contribution in [0, 0.1) is 19.8 Å². The van der Waals surface area contributed by atoms with Gasteiger partial charge in [0, 0.05) is 23.3 Å². The maximum atomic E-state index is 12.5. The molecule has 1 aliphatic heterocycles. The first-order chi connectivity index (χ1) is 11.0. The molecule has 3 rings (SSSR count). The van der Waals surface area contributed by atoms with Gasteiger partial charge in [-0.05, 0) is 64.4 Å². The highest BCUT2D eigenvalue weighted by Crippen LogP contribution is 2.21. The van der Waals surface area contributed by atoms with E-state index in [1.165, 1.54) is 0 Å². The molecular formula is C18H25ClN4O. The number of rotatable bonds is 3. The number of aryl methyl sites for hydroxylation is 2. The van der Waals surface area contributed by atoms with Gasteiger partial charge in [-0.15, -0.1) is 12.4 Å². The quantitative estimate of drug-likeness (QED) is 0.895. The van der Waals surface area contributed by atoms with Crippen LogP contribution in [0.4, 0.5) is 5.69 Å². The molecule has 0 aliphatic carbocycles. The summed E-state index contributed by atoms with van der Waals surface area (Å²) in [4.78, 5) is 12.5. The van der Waals surface area contributed by atoms with Crippen molar-refractivity contribution < 1.29 is 4.79 Å². The molecule has 24 heavy (non-hydrogen) atoms. The number of benzene rings is 1. The molecule has 2 heterocycles. The van der Waals surface area contributed by atoms with Crippen LogP contribution < -0.4 is 10.6 Å². The zero-order valence-corrected chi connectivity index (χ0v) is 15.2. The van der Waals surface area contributed by atoms with Crippen LogP contribution in [-0.2, 0) is 4.79 Å². The van der Waals surface area contributed by atoms with Gasteiger partial charge in [0.05, 0.1) is 11.4 Å². The average Bonchev–Trinajstić information content (AvgIpc) is 2.86. The third-order valence-corrected chi connectivity index (χ3v) is 4.36. The van der Waals surface area contributed by atoms with E-state index in [1.54, 1.807) is 0 Å². The monoisotopic (exact) mass is 348 g/mol. The van der Waals surface area contributed by atoms with Gasteiger partial charge in [-0.3, -0.25) is 4.79 Å². The van der Waals surface area contributed by atoms with Crippen molar-refractivity contribution in [2.45, 2.75) is 39.7 Å². The maximum Gasteiger partial charge on any atom is 0.227 e. The number of nitrogens with one attached hydrogen (secondary N) is 2. The molecule has 130 valence electrons. The standard InChI is InChI=1S/C18H24N4O.ClH/c1-12-10-15(7-8-19-12)18(23)20-16-5-4-6-17(11-16)22-14(3)9-13(2)21-22;/h4-6,9,11-12,15,19H,7-8,10H2,1-3H3,(H,20,23);1H/t12-,15-;/m0./s1. The van der Waals surface area contributed by atoms with E-state index >= 15 is 0 Å². The van der Waals surface area contributed by atoms with E-state index < -0.39 is 0 Å². The van der Waals surface area contributed by atoms with Crippen molar-refractivity contribution in [3.8, 4) is 5.69 Å². The molecule has 2 aromatic rings. The first kappa shape index (κ1) is 18.5. The highest BCUT2D eigenvalue weighted by atomic mass is 35.5. The van der Waals surface area contributed by atoms with E-state index in [0.29, 0.717) is 6.04 Å². The number of piperidine rings is 1. The van der Waals surface area contributed by atoms with Crippen LogP contribution in [0.5, 0.6) is 0 Å². The van der Waals surface area contributed by atoms with Crippen molar-refractivity contribution >= 4 is 24.0 Å². The molecule has 1 amide bonds. The molecule has 6 heteroatoms. The van der Waals surface area contributed by atoms with Crippen LogP contribution in [0.3, 0.4) is 0 Å². The van der Waals surface area contributed by atoms with Gasteiger partial charge in [-0.2, -0.15) is 5.10 Å². The van der Waals surface area contributed by atoms with E-state index in [9.17, 15) is 4.79 Å². The van der Waals surface area contributed by atoms with Crippen molar-refractivity contribution in [1.82, 2.24) is 15.1 Å². The lowest BCUT2D eigenvalue weighted by atomic mass is 9.92. The van der Waals surface area contributed by atoms with E-state index in [4.69, 9.17) is 0 Å². The summed E-state index contributed by atoms with van der Waals surface area (Å²) in [6.07, 6.45) is 1.79. The summed E-state index contributed by atoms with van der Waals surface area (Å²) >= 11 is 0. The highest BCUT2D eigenvalue weighted by molar-refractivity contribution is 5.92. The topological polar surface area (TPSA) is 59.0 Å². The Morgan fingerprint density at radius 3 is 2.79 bits per heavy atom. The molecule has 1 fully saturated rings. The number of nitrogens with zero attached hydrogens (tertiary/aromatic N) is 2. The lowest BCUT2D eigenvalue weighted by molar-refractivity contribution is -0.120. The molecule has 1 aromatic carbocycles. The first-order valence-corrected chi connectivity index (χ1v) is 8.21. The zero-order valence-electron chi connectivity index (χ0n) is 14.4. The summed E-state index contributed by atoms with van der Waals surface area (Å²) in [5.74, 6) is 0.201. The number of carbonyl (C=O) groups excluding carboxylic acids is 1. The van der Waals surface area contributed by atoms with Crippen molar-refractivity contribution in [1.29, 1.82) is 0 Å². The zero-order chi connectivity index (χ0) is 16.4. The minimum Gasteiger partial charge on any atom is -0.326 e. The van der Waals surface area contributed by atoms with E-state index in [0.717, 1.165) is 42.1 Å². The molecule has 0 unspecified atom stereocenters. The molecule has 1 aromatic heterocycles. The van der Waals surface area contributed by atoms with E-state index in [1.807, 2.05) is 48.9 Å². The predicted octanol–water partition coefficient (Wildman–Crippen LogP) is 3.24. The fourth-order valence-corrected chi connectivity index (χ4v) is 3.22. The van der Waals surface area contributed by atoms with Gasteiger partial charge < -0.3 is 10.6 Å². The molecule has 0 saturated carbocycles. The van der Waals surface area contributed by atoms with Crippen LogP contribution >= 0.6 is 12.4 Å². The van der Waals surface area contributed by atoms with Gasteiger partial charge in [0.1, 0.15) is 0 Å².